The van der Waals surface area contributed by atoms with E-state index in [2.05, 4.69) is 15.6 Å². The molecule has 0 radical (unpaired) electrons. The summed E-state index contributed by atoms with van der Waals surface area (Å²) in [6, 6.07) is 16.4. The highest BCUT2D eigenvalue weighted by Crippen LogP contribution is 2.30. The molecule has 1 aromatic heterocycles. The summed E-state index contributed by atoms with van der Waals surface area (Å²) in [5.74, 6) is -0.297. The maximum Gasteiger partial charge on any atom is 0.251 e. The molecule has 0 atom stereocenters. The highest BCUT2D eigenvalue weighted by Gasteiger charge is 2.11. The van der Waals surface area contributed by atoms with Crippen molar-refractivity contribution in [1.29, 1.82) is 0 Å². The topological polar surface area (TPSA) is 71.1 Å². The maximum absolute atomic E-state index is 12.1. The van der Waals surface area contributed by atoms with Crippen LogP contribution in [0.4, 0.5) is 0 Å². The van der Waals surface area contributed by atoms with Crippen molar-refractivity contribution < 1.29 is 9.59 Å². The molecule has 0 aliphatic heterocycles. The summed E-state index contributed by atoms with van der Waals surface area (Å²) in [5, 5.41) is 8.83. The van der Waals surface area contributed by atoms with Crippen LogP contribution in [0, 0.1) is 0 Å². The molecule has 138 valence electrons. The Morgan fingerprint density at radius 2 is 1.67 bits per heavy atom. The van der Waals surface area contributed by atoms with E-state index in [1.54, 1.807) is 24.3 Å². The number of hydrogen-bond acceptors (Lipinski definition) is 4. The van der Waals surface area contributed by atoms with Crippen LogP contribution in [-0.4, -0.2) is 29.9 Å². The Morgan fingerprint density at radius 3 is 2.44 bits per heavy atom. The molecular weight excluding hydrogens is 382 g/mol. The quantitative estimate of drug-likeness (QED) is 0.597. The summed E-state index contributed by atoms with van der Waals surface area (Å²) in [4.78, 5) is 28.4. The van der Waals surface area contributed by atoms with Crippen LogP contribution in [0.15, 0.2) is 60.0 Å². The maximum atomic E-state index is 12.1. The third kappa shape index (κ3) is 5.39. The van der Waals surface area contributed by atoms with Gasteiger partial charge in [0.25, 0.3) is 5.91 Å². The lowest BCUT2D eigenvalue weighted by Gasteiger charge is -2.06. The van der Waals surface area contributed by atoms with Crippen LogP contribution in [0.25, 0.3) is 10.6 Å². The van der Waals surface area contributed by atoms with Gasteiger partial charge in [-0.05, 0) is 18.2 Å². The van der Waals surface area contributed by atoms with Gasteiger partial charge in [0, 0.05) is 29.6 Å². The van der Waals surface area contributed by atoms with Gasteiger partial charge in [0.2, 0.25) is 5.91 Å². The number of carbonyl (C=O) groups is 2. The molecule has 0 aliphatic carbocycles. The molecule has 3 rings (SSSR count). The smallest absolute Gasteiger partial charge is 0.251 e. The minimum atomic E-state index is -0.159. The van der Waals surface area contributed by atoms with Gasteiger partial charge in [-0.3, -0.25) is 9.59 Å². The first-order valence-electron chi connectivity index (χ1n) is 8.43. The van der Waals surface area contributed by atoms with Gasteiger partial charge >= 0.3 is 0 Å². The molecule has 0 aliphatic rings. The largest absolute Gasteiger partial charge is 0.354 e. The van der Waals surface area contributed by atoms with Crippen LogP contribution >= 0.6 is 22.9 Å². The van der Waals surface area contributed by atoms with Gasteiger partial charge in [0.1, 0.15) is 5.01 Å². The van der Waals surface area contributed by atoms with Gasteiger partial charge in [0.05, 0.1) is 17.1 Å². The third-order valence-electron chi connectivity index (χ3n) is 3.77. The molecule has 3 aromatic rings. The summed E-state index contributed by atoms with van der Waals surface area (Å²) in [6.45, 7) is 0.723. The fraction of sp³-hybridized carbons (Fsp3) is 0.150. The van der Waals surface area contributed by atoms with Crippen LogP contribution in [0.2, 0.25) is 5.02 Å². The van der Waals surface area contributed by atoms with E-state index in [1.165, 1.54) is 11.3 Å². The molecule has 0 bridgehead atoms. The Hall–Kier alpha value is -2.70. The van der Waals surface area contributed by atoms with E-state index in [9.17, 15) is 9.59 Å². The number of carbonyl (C=O) groups excluding carboxylic acids is 2. The molecule has 27 heavy (non-hydrogen) atoms. The number of hydrogen-bond donors (Lipinski definition) is 2. The average Bonchev–Trinajstić information content (AvgIpc) is 3.14. The van der Waals surface area contributed by atoms with Crippen molar-refractivity contribution >= 4 is 34.8 Å². The zero-order chi connectivity index (χ0) is 19.1. The Bertz CT molecular complexity index is 928. The van der Waals surface area contributed by atoms with E-state index < -0.39 is 0 Å². The average molecular weight is 400 g/mol. The zero-order valence-corrected chi connectivity index (χ0v) is 16.0. The molecule has 2 aromatic carbocycles. The van der Waals surface area contributed by atoms with E-state index in [0.717, 1.165) is 10.6 Å². The molecular formula is C20H18ClN3O2S. The fourth-order valence-electron chi connectivity index (χ4n) is 2.44. The number of halogens is 1. The summed E-state index contributed by atoms with van der Waals surface area (Å²) in [6.07, 6.45) is 0.188. The molecule has 0 saturated carbocycles. The van der Waals surface area contributed by atoms with Crippen molar-refractivity contribution in [3.8, 4) is 10.6 Å². The van der Waals surface area contributed by atoms with E-state index in [-0.39, 0.29) is 18.2 Å². The molecule has 7 heteroatoms. The minimum absolute atomic E-state index is 0.139. The summed E-state index contributed by atoms with van der Waals surface area (Å²) in [5.41, 5.74) is 2.15. The summed E-state index contributed by atoms with van der Waals surface area (Å²) >= 11 is 7.64. The lowest BCUT2D eigenvalue weighted by molar-refractivity contribution is -0.120. The first-order valence-corrected chi connectivity index (χ1v) is 9.68. The molecule has 5 nitrogen and oxygen atoms in total. The monoisotopic (exact) mass is 399 g/mol. The Labute approximate surface area is 166 Å². The molecule has 1 heterocycles. The second-order valence-electron chi connectivity index (χ2n) is 5.77. The summed E-state index contributed by atoms with van der Waals surface area (Å²) < 4.78 is 0. The Morgan fingerprint density at radius 1 is 0.963 bits per heavy atom. The number of benzene rings is 2. The van der Waals surface area contributed by atoms with Crippen LogP contribution in [0.3, 0.4) is 0 Å². The van der Waals surface area contributed by atoms with Gasteiger partial charge in [-0.15, -0.1) is 11.3 Å². The van der Waals surface area contributed by atoms with Gasteiger partial charge in [0.15, 0.2) is 0 Å². The minimum Gasteiger partial charge on any atom is -0.354 e. The number of thiazole rings is 1. The van der Waals surface area contributed by atoms with E-state index in [1.807, 2.05) is 35.7 Å². The van der Waals surface area contributed by atoms with Crippen LogP contribution in [0.1, 0.15) is 16.1 Å². The number of rotatable bonds is 7. The molecule has 0 saturated heterocycles. The second kappa shape index (κ2) is 9.30. The van der Waals surface area contributed by atoms with Crippen LogP contribution in [0.5, 0.6) is 0 Å². The number of aromatic nitrogens is 1. The van der Waals surface area contributed by atoms with Crippen LogP contribution in [-0.2, 0) is 11.2 Å². The van der Waals surface area contributed by atoms with Crippen molar-refractivity contribution in [3.63, 3.8) is 0 Å². The zero-order valence-electron chi connectivity index (χ0n) is 14.4. The highest BCUT2D eigenvalue weighted by atomic mass is 35.5. The molecule has 0 spiro atoms. The molecule has 2 amide bonds. The number of amides is 2. The first kappa shape index (κ1) is 19.1. The van der Waals surface area contributed by atoms with Crippen molar-refractivity contribution in [2.75, 3.05) is 13.1 Å². The highest BCUT2D eigenvalue weighted by molar-refractivity contribution is 7.13. The van der Waals surface area contributed by atoms with Crippen molar-refractivity contribution in [2.45, 2.75) is 6.42 Å². The van der Waals surface area contributed by atoms with Gasteiger partial charge in [-0.2, -0.15) is 0 Å². The Balaban J connectivity index is 1.44. The van der Waals surface area contributed by atoms with Gasteiger partial charge in [-0.1, -0.05) is 48.0 Å². The van der Waals surface area contributed by atoms with Gasteiger partial charge < -0.3 is 10.6 Å². The lowest BCUT2D eigenvalue weighted by atomic mass is 10.2. The first-order chi connectivity index (χ1) is 13.1. The van der Waals surface area contributed by atoms with Crippen molar-refractivity contribution in [1.82, 2.24) is 15.6 Å². The molecule has 0 fully saturated rings. The standard InChI is InChI=1S/C20H18ClN3O2S/c21-17-9-5-4-8-16(17)20-24-15(13-27-20)12-18(25)22-10-11-23-19(26)14-6-2-1-3-7-14/h1-9,13H,10-12H2,(H,22,25)(H,23,26). The summed E-state index contributed by atoms with van der Waals surface area (Å²) in [7, 11) is 0. The van der Waals surface area contributed by atoms with E-state index in [0.29, 0.717) is 29.4 Å². The number of nitrogens with one attached hydrogen (secondary N) is 2. The second-order valence-corrected chi connectivity index (χ2v) is 7.04. The van der Waals surface area contributed by atoms with Crippen molar-refractivity contribution in [2.24, 2.45) is 0 Å². The third-order valence-corrected chi connectivity index (χ3v) is 5.02. The normalized spacial score (nSPS) is 10.4. The fourth-order valence-corrected chi connectivity index (χ4v) is 3.58. The Kier molecular flexibility index (Phi) is 6.57. The molecule has 0 unspecified atom stereocenters. The predicted molar refractivity (Wildman–Crippen MR) is 108 cm³/mol. The van der Waals surface area contributed by atoms with Gasteiger partial charge in [-0.25, -0.2) is 4.98 Å². The number of nitrogens with zero attached hydrogens (tertiary/aromatic N) is 1. The van der Waals surface area contributed by atoms with Crippen molar-refractivity contribution in [3.05, 3.63) is 76.3 Å². The van der Waals surface area contributed by atoms with E-state index in [4.69, 9.17) is 11.6 Å². The lowest BCUT2D eigenvalue weighted by Crippen LogP contribution is -2.35. The molecule has 2 N–H and O–H groups in total. The van der Waals surface area contributed by atoms with E-state index >= 15 is 0 Å². The predicted octanol–water partition coefficient (Wildman–Crippen LogP) is 3.55. The van der Waals surface area contributed by atoms with Crippen LogP contribution < -0.4 is 10.6 Å². The SMILES string of the molecule is O=C(Cc1csc(-c2ccccc2Cl)n1)NCCNC(=O)c1ccccc1.